The van der Waals surface area contributed by atoms with E-state index in [4.69, 9.17) is 10.6 Å². The lowest BCUT2D eigenvalue weighted by molar-refractivity contribution is 0.0392. The molecule has 18 heavy (non-hydrogen) atoms. The molecule has 0 saturated carbocycles. The van der Waals surface area contributed by atoms with Crippen molar-refractivity contribution in [3.63, 3.8) is 0 Å². The minimum atomic E-state index is 0.0620. The SMILES string of the molecule is NNC(c1cnn2ccncc12)C1CCCOC1. The van der Waals surface area contributed by atoms with Crippen LogP contribution in [0.25, 0.3) is 5.52 Å². The van der Waals surface area contributed by atoms with Crippen molar-refractivity contribution in [2.45, 2.75) is 18.9 Å². The highest BCUT2D eigenvalue weighted by Gasteiger charge is 2.27. The zero-order valence-corrected chi connectivity index (χ0v) is 10.1. The van der Waals surface area contributed by atoms with E-state index in [1.165, 1.54) is 0 Å². The first-order chi connectivity index (χ1) is 8.90. The van der Waals surface area contributed by atoms with Gasteiger partial charge in [0.25, 0.3) is 0 Å². The number of nitrogens with two attached hydrogens (primary N) is 1. The average Bonchev–Trinajstić information content (AvgIpc) is 2.85. The average molecular weight is 247 g/mol. The van der Waals surface area contributed by atoms with Crippen molar-refractivity contribution < 1.29 is 4.74 Å². The minimum absolute atomic E-state index is 0.0620. The number of hydrazine groups is 1. The number of nitrogens with zero attached hydrogens (tertiary/aromatic N) is 3. The summed E-state index contributed by atoms with van der Waals surface area (Å²) >= 11 is 0. The van der Waals surface area contributed by atoms with Gasteiger partial charge in [-0.25, -0.2) is 4.52 Å². The van der Waals surface area contributed by atoms with Crippen LogP contribution in [0, 0.1) is 5.92 Å². The minimum Gasteiger partial charge on any atom is -0.381 e. The van der Waals surface area contributed by atoms with Gasteiger partial charge in [0.15, 0.2) is 0 Å². The molecule has 1 fully saturated rings. The van der Waals surface area contributed by atoms with Crippen molar-refractivity contribution in [1.82, 2.24) is 20.0 Å². The molecule has 0 spiro atoms. The Morgan fingerprint density at radius 1 is 1.50 bits per heavy atom. The maximum atomic E-state index is 5.72. The highest BCUT2D eigenvalue weighted by atomic mass is 16.5. The summed E-state index contributed by atoms with van der Waals surface area (Å²) < 4.78 is 7.35. The van der Waals surface area contributed by atoms with Crippen LogP contribution >= 0.6 is 0 Å². The normalized spacial score (nSPS) is 22.2. The molecule has 2 unspecified atom stereocenters. The Labute approximate surface area is 105 Å². The van der Waals surface area contributed by atoms with Crippen LogP contribution in [0.15, 0.2) is 24.8 Å². The Morgan fingerprint density at radius 3 is 3.22 bits per heavy atom. The van der Waals surface area contributed by atoms with Gasteiger partial charge >= 0.3 is 0 Å². The smallest absolute Gasteiger partial charge is 0.0893 e. The van der Waals surface area contributed by atoms with Crippen LogP contribution in [0.2, 0.25) is 0 Å². The second-order valence-electron chi connectivity index (χ2n) is 4.63. The number of aromatic nitrogens is 3. The molecule has 2 atom stereocenters. The Kier molecular flexibility index (Phi) is 3.22. The molecule has 3 rings (SSSR count). The lowest BCUT2D eigenvalue weighted by Crippen LogP contribution is -2.37. The highest BCUT2D eigenvalue weighted by molar-refractivity contribution is 5.53. The third-order valence-corrected chi connectivity index (χ3v) is 3.54. The predicted molar refractivity (Wildman–Crippen MR) is 66.6 cm³/mol. The molecule has 96 valence electrons. The van der Waals surface area contributed by atoms with Crippen molar-refractivity contribution in [2.75, 3.05) is 13.2 Å². The van der Waals surface area contributed by atoms with Crippen molar-refractivity contribution in [3.8, 4) is 0 Å². The molecule has 1 aliphatic heterocycles. The number of rotatable bonds is 3. The molecule has 0 aliphatic carbocycles. The molecule has 2 aromatic heterocycles. The van der Waals surface area contributed by atoms with E-state index in [-0.39, 0.29) is 6.04 Å². The van der Waals surface area contributed by atoms with Gasteiger partial charge in [-0.2, -0.15) is 5.10 Å². The first kappa shape index (κ1) is 11.6. The van der Waals surface area contributed by atoms with E-state index in [2.05, 4.69) is 15.5 Å². The summed E-state index contributed by atoms with van der Waals surface area (Å²) in [6, 6.07) is 0.0620. The summed E-state index contributed by atoms with van der Waals surface area (Å²) in [5, 5.41) is 4.32. The van der Waals surface area contributed by atoms with Crippen LogP contribution in [0.4, 0.5) is 0 Å². The molecule has 2 aromatic rings. The summed E-state index contributed by atoms with van der Waals surface area (Å²) in [6.07, 6.45) is 9.43. The first-order valence-electron chi connectivity index (χ1n) is 6.21. The maximum Gasteiger partial charge on any atom is 0.0893 e. The molecular weight excluding hydrogens is 230 g/mol. The molecule has 1 saturated heterocycles. The molecular formula is C12H17N5O. The van der Waals surface area contributed by atoms with E-state index in [1.807, 2.05) is 23.1 Å². The van der Waals surface area contributed by atoms with Crippen LogP contribution in [-0.4, -0.2) is 27.8 Å². The Balaban J connectivity index is 1.95. The summed E-state index contributed by atoms with van der Waals surface area (Å²) in [7, 11) is 0. The molecule has 0 aromatic carbocycles. The number of fused-ring (bicyclic) bond motifs is 1. The molecule has 6 heteroatoms. The lowest BCUT2D eigenvalue weighted by atomic mass is 9.90. The van der Waals surface area contributed by atoms with Gasteiger partial charge in [-0.15, -0.1) is 0 Å². The zero-order valence-electron chi connectivity index (χ0n) is 10.1. The molecule has 6 nitrogen and oxygen atoms in total. The van der Waals surface area contributed by atoms with E-state index in [0.29, 0.717) is 5.92 Å². The van der Waals surface area contributed by atoms with Crippen molar-refractivity contribution in [1.29, 1.82) is 0 Å². The van der Waals surface area contributed by atoms with Gasteiger partial charge in [-0.1, -0.05) is 0 Å². The predicted octanol–water partition coefficient (Wildman–Crippen LogP) is 0.660. The number of hydrogen-bond donors (Lipinski definition) is 2. The second-order valence-corrected chi connectivity index (χ2v) is 4.63. The Morgan fingerprint density at radius 2 is 2.44 bits per heavy atom. The molecule has 3 N–H and O–H groups in total. The van der Waals surface area contributed by atoms with Crippen LogP contribution in [0.1, 0.15) is 24.4 Å². The number of hydrogen-bond acceptors (Lipinski definition) is 5. The van der Waals surface area contributed by atoms with Crippen LogP contribution in [-0.2, 0) is 4.74 Å². The first-order valence-corrected chi connectivity index (χ1v) is 6.21. The van der Waals surface area contributed by atoms with Gasteiger partial charge in [0.1, 0.15) is 0 Å². The van der Waals surface area contributed by atoms with Crippen molar-refractivity contribution >= 4 is 5.52 Å². The quantitative estimate of drug-likeness (QED) is 0.615. The monoisotopic (exact) mass is 247 g/mol. The summed E-state index contributed by atoms with van der Waals surface area (Å²) in [4.78, 5) is 4.15. The fourth-order valence-corrected chi connectivity index (χ4v) is 2.60. The molecule has 1 aliphatic rings. The van der Waals surface area contributed by atoms with Gasteiger partial charge in [0, 0.05) is 30.5 Å². The van der Waals surface area contributed by atoms with Crippen LogP contribution in [0.5, 0.6) is 0 Å². The summed E-state index contributed by atoms with van der Waals surface area (Å²) in [5.74, 6) is 6.11. The topological polar surface area (TPSA) is 77.5 Å². The molecule has 3 heterocycles. The Hall–Kier alpha value is -1.50. The van der Waals surface area contributed by atoms with E-state index >= 15 is 0 Å². The molecule has 0 radical (unpaired) electrons. The van der Waals surface area contributed by atoms with Gasteiger partial charge in [0.2, 0.25) is 0 Å². The lowest BCUT2D eigenvalue weighted by Gasteiger charge is -2.29. The molecule has 0 amide bonds. The van der Waals surface area contributed by atoms with E-state index < -0.39 is 0 Å². The van der Waals surface area contributed by atoms with Crippen molar-refractivity contribution in [3.05, 3.63) is 30.4 Å². The largest absolute Gasteiger partial charge is 0.381 e. The second kappa shape index (κ2) is 5.01. The van der Waals surface area contributed by atoms with Gasteiger partial charge in [-0.05, 0) is 12.8 Å². The highest BCUT2D eigenvalue weighted by Crippen LogP contribution is 2.30. The van der Waals surface area contributed by atoms with Crippen molar-refractivity contribution in [2.24, 2.45) is 11.8 Å². The van der Waals surface area contributed by atoms with Gasteiger partial charge in [0.05, 0.1) is 30.6 Å². The maximum absolute atomic E-state index is 5.72. The van der Waals surface area contributed by atoms with E-state index in [0.717, 1.165) is 37.1 Å². The molecule has 0 bridgehead atoms. The summed E-state index contributed by atoms with van der Waals surface area (Å²) in [5.41, 5.74) is 4.98. The fourth-order valence-electron chi connectivity index (χ4n) is 2.60. The third-order valence-electron chi connectivity index (χ3n) is 3.54. The fraction of sp³-hybridized carbons (Fsp3) is 0.500. The van der Waals surface area contributed by atoms with Gasteiger partial charge < -0.3 is 4.74 Å². The summed E-state index contributed by atoms with van der Waals surface area (Å²) in [6.45, 7) is 1.59. The third kappa shape index (κ3) is 1.98. The Bertz CT molecular complexity index is 520. The van der Waals surface area contributed by atoms with E-state index in [1.54, 1.807) is 6.20 Å². The van der Waals surface area contributed by atoms with Crippen LogP contribution in [0.3, 0.4) is 0 Å². The van der Waals surface area contributed by atoms with Crippen LogP contribution < -0.4 is 11.3 Å². The number of ether oxygens (including phenoxy) is 1. The van der Waals surface area contributed by atoms with E-state index in [9.17, 15) is 0 Å². The standard InChI is InChI=1S/C12H17N5O/c13-16-12(9-2-1-5-18-8-9)10-6-15-17-4-3-14-7-11(10)17/h3-4,6-7,9,12,16H,1-2,5,8,13H2. The zero-order chi connectivity index (χ0) is 12.4. The number of nitrogens with one attached hydrogen (secondary N) is 1. The van der Waals surface area contributed by atoms with Gasteiger partial charge in [-0.3, -0.25) is 16.3 Å².